The largest absolute Gasteiger partial charge is 0.455 e. The molecule has 1 aliphatic rings. The summed E-state index contributed by atoms with van der Waals surface area (Å²) >= 11 is 0. The van der Waals surface area contributed by atoms with Gasteiger partial charge in [0.15, 0.2) is 0 Å². The molecule has 0 bridgehead atoms. The minimum atomic E-state index is -0.162. The highest BCUT2D eigenvalue weighted by Crippen LogP contribution is 2.53. The predicted octanol–water partition coefficient (Wildman–Crippen LogP) is 16.2. The van der Waals surface area contributed by atoms with Crippen LogP contribution in [0.4, 0.5) is 17.1 Å². The van der Waals surface area contributed by atoms with Gasteiger partial charge in [0.1, 0.15) is 11.2 Å². The monoisotopic (exact) mass is 753 g/mol. The fraction of sp³-hybridized carbons (Fsp3) is 0.0526. The highest BCUT2D eigenvalue weighted by atomic mass is 16.3. The molecule has 278 valence electrons. The van der Waals surface area contributed by atoms with Crippen molar-refractivity contribution >= 4 is 71.3 Å². The summed E-state index contributed by atoms with van der Waals surface area (Å²) in [5.41, 5.74) is 14.7. The van der Waals surface area contributed by atoms with Gasteiger partial charge >= 0.3 is 0 Å². The van der Waals surface area contributed by atoms with E-state index in [4.69, 9.17) is 4.42 Å². The van der Waals surface area contributed by atoms with Gasteiger partial charge in [-0.25, -0.2) is 0 Å². The van der Waals surface area contributed by atoms with Crippen LogP contribution in [-0.4, -0.2) is 0 Å². The number of hydrogen-bond acceptors (Lipinski definition) is 2. The lowest BCUT2D eigenvalue weighted by atomic mass is 9.82. The van der Waals surface area contributed by atoms with Crippen molar-refractivity contribution in [3.05, 3.63) is 211 Å². The fourth-order valence-electron chi connectivity index (χ4n) is 10.00. The van der Waals surface area contributed by atoms with Crippen LogP contribution in [0.15, 0.2) is 205 Å². The van der Waals surface area contributed by atoms with Gasteiger partial charge in [0, 0.05) is 33.1 Å². The number of rotatable bonds is 5. The Morgan fingerprint density at radius 1 is 0.373 bits per heavy atom. The number of hydrogen-bond donors (Lipinski definition) is 0. The Morgan fingerprint density at radius 2 is 0.898 bits per heavy atom. The normalized spacial score (nSPS) is 13.1. The number of nitrogens with zero attached hydrogens (tertiary/aromatic N) is 1. The van der Waals surface area contributed by atoms with Crippen molar-refractivity contribution in [3.63, 3.8) is 0 Å². The van der Waals surface area contributed by atoms with Gasteiger partial charge in [-0.2, -0.15) is 0 Å². The van der Waals surface area contributed by atoms with Crippen molar-refractivity contribution in [1.29, 1.82) is 0 Å². The van der Waals surface area contributed by atoms with Crippen LogP contribution < -0.4 is 4.90 Å². The van der Waals surface area contributed by atoms with Gasteiger partial charge in [-0.15, -0.1) is 0 Å². The summed E-state index contributed by atoms with van der Waals surface area (Å²) in [6.45, 7) is 4.72. The lowest BCUT2D eigenvalue weighted by molar-refractivity contribution is 0.660. The van der Waals surface area contributed by atoms with Crippen molar-refractivity contribution in [1.82, 2.24) is 0 Å². The van der Waals surface area contributed by atoms with Gasteiger partial charge in [-0.05, 0) is 114 Å². The molecular weight excluding hydrogens is 715 g/mol. The number of furan rings is 1. The van der Waals surface area contributed by atoms with Crippen molar-refractivity contribution < 1.29 is 4.42 Å². The van der Waals surface area contributed by atoms with Crippen LogP contribution >= 0.6 is 0 Å². The summed E-state index contributed by atoms with van der Waals surface area (Å²) in [5.74, 6) is 0. The number of anilines is 3. The van der Waals surface area contributed by atoms with E-state index >= 15 is 0 Å². The van der Waals surface area contributed by atoms with Gasteiger partial charge in [-0.1, -0.05) is 172 Å². The molecule has 0 amide bonds. The summed E-state index contributed by atoms with van der Waals surface area (Å²) in [6, 6.07) is 73.2. The van der Waals surface area contributed by atoms with E-state index in [1.807, 2.05) is 0 Å². The zero-order valence-electron chi connectivity index (χ0n) is 32.9. The number of para-hydroxylation sites is 1. The topological polar surface area (TPSA) is 16.4 Å². The molecule has 0 aliphatic heterocycles. The summed E-state index contributed by atoms with van der Waals surface area (Å²) in [6.07, 6.45) is 0. The summed E-state index contributed by atoms with van der Waals surface area (Å²) in [7, 11) is 0. The molecule has 1 aliphatic carbocycles. The van der Waals surface area contributed by atoms with E-state index in [-0.39, 0.29) is 5.41 Å². The van der Waals surface area contributed by atoms with Crippen molar-refractivity contribution in [2.45, 2.75) is 19.3 Å². The summed E-state index contributed by atoms with van der Waals surface area (Å²) < 4.78 is 6.91. The standard InChI is InChI=1S/C57H39NO/c1-57(2)51-22-12-10-20-46(51)47-31-29-40(35-52(47)57)58(39-28-30-45-43-18-7-6-16-41(43)42-17-8-9-19-44(42)50(45)34-39)53-33-32-49-48-21-11-13-23-54(48)59-56(49)55(53)38-26-24-37(25-27-38)36-14-4-3-5-15-36/h3-35H,1-2H3. The molecule has 12 rings (SSSR count). The molecule has 1 heterocycles. The molecule has 0 saturated heterocycles. The molecule has 0 unspecified atom stereocenters. The van der Waals surface area contributed by atoms with Crippen LogP contribution in [-0.2, 0) is 5.41 Å². The molecule has 2 nitrogen and oxygen atoms in total. The molecule has 0 spiro atoms. The predicted molar refractivity (Wildman–Crippen MR) is 249 cm³/mol. The minimum absolute atomic E-state index is 0.162. The molecule has 0 N–H and O–H groups in total. The Balaban J connectivity index is 1.16. The van der Waals surface area contributed by atoms with Crippen LogP contribution in [0.25, 0.3) is 87.6 Å². The molecular formula is C57H39NO. The second-order valence-electron chi connectivity index (χ2n) is 16.4. The molecule has 0 saturated carbocycles. The molecule has 2 heteroatoms. The molecule has 10 aromatic carbocycles. The second-order valence-corrected chi connectivity index (χ2v) is 16.4. The van der Waals surface area contributed by atoms with E-state index in [0.29, 0.717) is 0 Å². The summed E-state index contributed by atoms with van der Waals surface area (Å²) in [4.78, 5) is 2.47. The Labute approximate surface area is 343 Å². The molecule has 0 fully saturated rings. The fourth-order valence-corrected chi connectivity index (χ4v) is 10.00. The van der Waals surface area contributed by atoms with Crippen LogP contribution in [0.2, 0.25) is 0 Å². The first-order chi connectivity index (χ1) is 29.0. The van der Waals surface area contributed by atoms with Crippen LogP contribution in [0.5, 0.6) is 0 Å². The smallest absolute Gasteiger partial charge is 0.145 e. The second kappa shape index (κ2) is 12.8. The molecule has 0 radical (unpaired) electrons. The van der Waals surface area contributed by atoms with E-state index in [1.165, 1.54) is 65.7 Å². The number of fused-ring (bicyclic) bond motifs is 12. The maximum atomic E-state index is 6.91. The highest BCUT2D eigenvalue weighted by Gasteiger charge is 2.36. The highest BCUT2D eigenvalue weighted by molar-refractivity contribution is 6.26. The van der Waals surface area contributed by atoms with E-state index in [9.17, 15) is 0 Å². The van der Waals surface area contributed by atoms with Crippen LogP contribution in [0.3, 0.4) is 0 Å². The van der Waals surface area contributed by atoms with Crippen LogP contribution in [0, 0.1) is 0 Å². The zero-order chi connectivity index (χ0) is 39.2. The lowest BCUT2D eigenvalue weighted by Gasteiger charge is -2.30. The summed E-state index contributed by atoms with van der Waals surface area (Å²) in [5, 5.41) is 9.75. The van der Waals surface area contributed by atoms with Gasteiger partial charge in [0.25, 0.3) is 0 Å². The van der Waals surface area contributed by atoms with Crippen molar-refractivity contribution in [2.75, 3.05) is 4.90 Å². The Morgan fingerprint density at radius 3 is 1.64 bits per heavy atom. The molecule has 59 heavy (non-hydrogen) atoms. The first-order valence-corrected chi connectivity index (χ1v) is 20.5. The molecule has 0 atom stereocenters. The molecule has 11 aromatic rings. The molecule has 1 aromatic heterocycles. The van der Waals surface area contributed by atoms with Crippen molar-refractivity contribution in [2.24, 2.45) is 0 Å². The van der Waals surface area contributed by atoms with E-state index < -0.39 is 0 Å². The van der Waals surface area contributed by atoms with Gasteiger partial charge in [-0.3, -0.25) is 0 Å². The van der Waals surface area contributed by atoms with Gasteiger partial charge in [0.05, 0.1) is 5.69 Å². The lowest BCUT2D eigenvalue weighted by Crippen LogP contribution is -2.17. The van der Waals surface area contributed by atoms with Gasteiger partial charge < -0.3 is 9.32 Å². The maximum Gasteiger partial charge on any atom is 0.145 e. The van der Waals surface area contributed by atoms with Gasteiger partial charge in [0.2, 0.25) is 0 Å². The van der Waals surface area contributed by atoms with E-state index in [0.717, 1.165) is 50.1 Å². The quantitative estimate of drug-likeness (QED) is 0.163. The Bertz CT molecular complexity index is 3430. The van der Waals surface area contributed by atoms with E-state index in [2.05, 4.69) is 219 Å². The average molecular weight is 754 g/mol. The first-order valence-electron chi connectivity index (χ1n) is 20.5. The SMILES string of the molecule is CC1(C)c2ccccc2-c2ccc(N(c3ccc4c5ccccc5c5ccccc5c4c3)c3ccc4c(oc5ccccc54)c3-c3ccc(-c4ccccc4)cc3)cc21. The number of benzene rings is 10. The van der Waals surface area contributed by atoms with Crippen LogP contribution in [0.1, 0.15) is 25.0 Å². The third kappa shape index (κ3) is 5.06. The first kappa shape index (κ1) is 33.7. The third-order valence-corrected chi connectivity index (χ3v) is 12.9. The minimum Gasteiger partial charge on any atom is -0.455 e. The maximum absolute atomic E-state index is 6.91. The zero-order valence-corrected chi connectivity index (χ0v) is 32.9. The Kier molecular flexibility index (Phi) is 7.31. The Hall–Kier alpha value is -7.42. The average Bonchev–Trinajstić information content (AvgIpc) is 3.78. The van der Waals surface area contributed by atoms with Crippen molar-refractivity contribution in [3.8, 4) is 33.4 Å². The van der Waals surface area contributed by atoms with E-state index in [1.54, 1.807) is 0 Å². The third-order valence-electron chi connectivity index (χ3n) is 12.9.